The van der Waals surface area contributed by atoms with Crippen LogP contribution >= 0.6 is 0 Å². The van der Waals surface area contributed by atoms with Crippen LogP contribution in [0.25, 0.3) is 0 Å². The summed E-state index contributed by atoms with van der Waals surface area (Å²) in [5.74, 6) is 0.130. The zero-order chi connectivity index (χ0) is 13.7. The molecule has 1 rings (SSSR count). The molecule has 0 aliphatic heterocycles. The molecule has 0 aromatic rings. The van der Waals surface area contributed by atoms with Crippen molar-refractivity contribution in [2.45, 2.75) is 58.9 Å². The van der Waals surface area contributed by atoms with E-state index in [0.29, 0.717) is 5.92 Å². The molecule has 0 aromatic carbocycles. The van der Waals surface area contributed by atoms with Crippen LogP contribution in [-0.2, 0) is 9.59 Å². The number of carbonyl (C=O) groups excluding carboxylic acids is 1. The van der Waals surface area contributed by atoms with Crippen molar-refractivity contribution in [3.8, 4) is 0 Å². The summed E-state index contributed by atoms with van der Waals surface area (Å²) in [6.07, 6.45) is 4.08. The van der Waals surface area contributed by atoms with Crippen molar-refractivity contribution in [2.75, 3.05) is 0 Å². The molecule has 2 N–H and O–H groups in total. The molecule has 0 bridgehead atoms. The Morgan fingerprint density at radius 1 is 1.22 bits per heavy atom. The maximum atomic E-state index is 12.1. The van der Waals surface area contributed by atoms with Gasteiger partial charge in [0, 0.05) is 12.0 Å². The predicted molar refractivity (Wildman–Crippen MR) is 70.1 cm³/mol. The number of amides is 1. The van der Waals surface area contributed by atoms with E-state index < -0.39 is 5.97 Å². The normalized spacial score (nSPS) is 25.8. The van der Waals surface area contributed by atoms with Gasteiger partial charge in [0.2, 0.25) is 5.91 Å². The molecule has 1 fully saturated rings. The van der Waals surface area contributed by atoms with E-state index >= 15 is 0 Å². The summed E-state index contributed by atoms with van der Waals surface area (Å²) in [6.45, 7) is 6.10. The molecule has 1 atom stereocenters. The number of hydrogen-bond acceptors (Lipinski definition) is 2. The summed E-state index contributed by atoms with van der Waals surface area (Å²) in [4.78, 5) is 22.9. The van der Waals surface area contributed by atoms with Gasteiger partial charge in [-0.1, -0.05) is 20.8 Å². The Bertz CT molecular complexity index is 293. The minimum atomic E-state index is -0.855. The lowest BCUT2D eigenvalue weighted by atomic mass is 9.82. The van der Waals surface area contributed by atoms with Crippen molar-refractivity contribution in [3.63, 3.8) is 0 Å². The van der Waals surface area contributed by atoms with E-state index in [0.717, 1.165) is 25.7 Å². The van der Waals surface area contributed by atoms with Gasteiger partial charge in [0.1, 0.15) is 0 Å². The van der Waals surface area contributed by atoms with Crippen molar-refractivity contribution in [1.82, 2.24) is 5.32 Å². The van der Waals surface area contributed by atoms with E-state index in [4.69, 9.17) is 5.11 Å². The van der Waals surface area contributed by atoms with E-state index in [1.54, 1.807) is 0 Å². The maximum absolute atomic E-state index is 12.1. The minimum absolute atomic E-state index is 0.00648. The first-order chi connectivity index (χ1) is 8.40. The Hall–Kier alpha value is -1.06. The largest absolute Gasteiger partial charge is 0.481 e. The van der Waals surface area contributed by atoms with Crippen molar-refractivity contribution < 1.29 is 14.7 Å². The molecule has 0 aromatic heterocycles. The molecule has 0 saturated heterocycles. The molecule has 4 heteroatoms. The summed E-state index contributed by atoms with van der Waals surface area (Å²) >= 11 is 0. The number of hydrogen-bond donors (Lipinski definition) is 2. The summed E-state index contributed by atoms with van der Waals surface area (Å²) in [7, 11) is 0. The lowest BCUT2D eigenvalue weighted by molar-refractivity contribution is -0.138. The lowest BCUT2D eigenvalue weighted by Crippen LogP contribution is -2.43. The van der Waals surface area contributed by atoms with Gasteiger partial charge < -0.3 is 10.4 Å². The summed E-state index contributed by atoms with van der Waals surface area (Å²) in [5, 5.41) is 11.8. The molecule has 0 radical (unpaired) electrons. The van der Waals surface area contributed by atoms with E-state index in [9.17, 15) is 9.59 Å². The first-order valence-electron chi connectivity index (χ1n) is 6.92. The van der Waals surface area contributed by atoms with Gasteiger partial charge in [-0.3, -0.25) is 9.59 Å². The average Bonchev–Trinajstić information content (AvgIpc) is 2.28. The van der Waals surface area contributed by atoms with Crippen LogP contribution in [0.15, 0.2) is 0 Å². The van der Waals surface area contributed by atoms with Crippen LogP contribution in [0.1, 0.15) is 52.9 Å². The molecule has 1 unspecified atom stereocenters. The molecular weight excluding hydrogens is 230 g/mol. The van der Waals surface area contributed by atoms with Crippen LogP contribution in [0.5, 0.6) is 0 Å². The second-order valence-corrected chi connectivity index (χ2v) is 5.91. The summed E-state index contributed by atoms with van der Waals surface area (Å²) in [6, 6.07) is -0.255. The van der Waals surface area contributed by atoms with Crippen LogP contribution in [0, 0.1) is 17.8 Å². The minimum Gasteiger partial charge on any atom is -0.481 e. The molecule has 1 amide bonds. The summed E-state index contributed by atoms with van der Waals surface area (Å²) in [5.41, 5.74) is 0. The summed E-state index contributed by atoms with van der Waals surface area (Å²) < 4.78 is 0. The van der Waals surface area contributed by atoms with Gasteiger partial charge in [-0.15, -0.1) is 0 Å². The van der Waals surface area contributed by atoms with Crippen molar-refractivity contribution in [3.05, 3.63) is 0 Å². The van der Waals surface area contributed by atoms with Crippen molar-refractivity contribution in [2.24, 2.45) is 17.8 Å². The van der Waals surface area contributed by atoms with Crippen molar-refractivity contribution >= 4 is 11.9 Å². The molecule has 104 valence electrons. The van der Waals surface area contributed by atoms with E-state index in [2.05, 4.69) is 12.2 Å². The van der Waals surface area contributed by atoms with Gasteiger partial charge >= 0.3 is 5.97 Å². The highest BCUT2D eigenvalue weighted by molar-refractivity contribution is 5.79. The first-order valence-corrected chi connectivity index (χ1v) is 6.92. The predicted octanol–water partition coefficient (Wildman–Crippen LogP) is 2.43. The molecule has 18 heavy (non-hydrogen) atoms. The Labute approximate surface area is 109 Å². The third-order valence-electron chi connectivity index (χ3n) is 3.91. The lowest BCUT2D eigenvalue weighted by Gasteiger charge is -2.28. The zero-order valence-electron chi connectivity index (χ0n) is 11.6. The second kappa shape index (κ2) is 6.76. The number of carboxylic acid groups (broad SMARTS) is 1. The Morgan fingerprint density at radius 3 is 2.22 bits per heavy atom. The monoisotopic (exact) mass is 255 g/mol. The third-order valence-corrected chi connectivity index (χ3v) is 3.91. The molecule has 1 aliphatic rings. The second-order valence-electron chi connectivity index (χ2n) is 5.91. The van der Waals surface area contributed by atoms with Crippen LogP contribution in [0.4, 0.5) is 0 Å². The zero-order valence-corrected chi connectivity index (χ0v) is 11.6. The van der Waals surface area contributed by atoms with Gasteiger partial charge in [-0.25, -0.2) is 0 Å². The van der Waals surface area contributed by atoms with E-state index in [1.165, 1.54) is 0 Å². The number of rotatable bonds is 5. The van der Waals surface area contributed by atoms with Crippen LogP contribution < -0.4 is 5.32 Å². The average molecular weight is 255 g/mol. The molecule has 1 aliphatic carbocycles. The number of carbonyl (C=O) groups is 2. The number of aliphatic carboxylic acids is 1. The topological polar surface area (TPSA) is 66.4 Å². The fourth-order valence-corrected chi connectivity index (χ4v) is 2.46. The number of nitrogens with one attached hydrogen (secondary N) is 1. The highest BCUT2D eigenvalue weighted by Crippen LogP contribution is 2.28. The molecule has 0 spiro atoms. The maximum Gasteiger partial charge on any atom is 0.305 e. The Morgan fingerprint density at radius 2 is 1.78 bits per heavy atom. The smallest absolute Gasteiger partial charge is 0.305 e. The molecule has 0 heterocycles. The van der Waals surface area contributed by atoms with E-state index in [-0.39, 0.29) is 30.2 Å². The first kappa shape index (κ1) is 15.0. The quantitative estimate of drug-likeness (QED) is 0.793. The molecular formula is C14H25NO3. The standard InChI is InChI=1S/C14H25NO3/c1-9(2)12(8-13(16)17)15-14(18)11-6-4-10(3)5-7-11/h9-12H,4-8H2,1-3H3,(H,15,18)(H,16,17). The van der Waals surface area contributed by atoms with Crippen molar-refractivity contribution in [1.29, 1.82) is 0 Å². The van der Waals surface area contributed by atoms with Gasteiger partial charge in [0.15, 0.2) is 0 Å². The van der Waals surface area contributed by atoms with Crippen LogP contribution in [-0.4, -0.2) is 23.0 Å². The SMILES string of the molecule is CC1CCC(C(=O)NC(CC(=O)O)C(C)C)CC1. The highest BCUT2D eigenvalue weighted by atomic mass is 16.4. The Kier molecular flexibility index (Phi) is 5.63. The fraction of sp³-hybridized carbons (Fsp3) is 0.857. The van der Waals surface area contributed by atoms with Gasteiger partial charge in [-0.2, -0.15) is 0 Å². The van der Waals surface area contributed by atoms with Gasteiger partial charge in [0.05, 0.1) is 6.42 Å². The van der Waals surface area contributed by atoms with Crippen LogP contribution in [0.2, 0.25) is 0 Å². The Balaban J connectivity index is 2.48. The van der Waals surface area contributed by atoms with Crippen LogP contribution in [0.3, 0.4) is 0 Å². The van der Waals surface area contributed by atoms with E-state index in [1.807, 2.05) is 13.8 Å². The third kappa shape index (κ3) is 4.67. The highest BCUT2D eigenvalue weighted by Gasteiger charge is 2.27. The number of carboxylic acids is 1. The molecule has 4 nitrogen and oxygen atoms in total. The fourth-order valence-electron chi connectivity index (χ4n) is 2.46. The van der Waals surface area contributed by atoms with Gasteiger partial charge in [-0.05, 0) is 37.5 Å². The molecule has 1 saturated carbocycles. The van der Waals surface area contributed by atoms with Gasteiger partial charge in [0.25, 0.3) is 0 Å².